The molecular formula is C30H25F2N3O3. The number of carbonyl (C=O) groups is 1. The Morgan fingerprint density at radius 3 is 2.53 bits per heavy atom. The van der Waals surface area contributed by atoms with Crippen LogP contribution in [0.15, 0.2) is 71.9 Å². The Kier molecular flexibility index (Phi) is 6.87. The summed E-state index contributed by atoms with van der Waals surface area (Å²) in [5.74, 6) is -1.69. The Morgan fingerprint density at radius 2 is 1.82 bits per heavy atom. The topological polar surface area (TPSA) is 83.8 Å². The van der Waals surface area contributed by atoms with Crippen LogP contribution in [0.25, 0.3) is 11.1 Å². The van der Waals surface area contributed by atoms with Crippen LogP contribution in [0, 0.1) is 11.6 Å². The molecule has 0 saturated heterocycles. The Hall–Kier alpha value is -4.59. The lowest BCUT2D eigenvalue weighted by molar-refractivity contribution is 0.0693. The molecule has 0 radical (unpaired) electrons. The molecule has 6 nitrogen and oxygen atoms in total. The molecule has 2 N–H and O–H groups in total. The molecule has 0 bridgehead atoms. The maximum Gasteiger partial charge on any atom is 0.339 e. The first kappa shape index (κ1) is 25.1. The number of aryl methyl sites for hydroxylation is 1. The smallest absolute Gasteiger partial charge is 0.339 e. The zero-order chi connectivity index (χ0) is 26.8. The molecule has 8 heteroatoms. The molecular weight excluding hydrogens is 488 g/mol. The summed E-state index contributed by atoms with van der Waals surface area (Å²) in [6.07, 6.45) is 3.44. The van der Waals surface area contributed by atoms with E-state index in [1.807, 2.05) is 24.3 Å². The zero-order valence-electron chi connectivity index (χ0n) is 20.9. The number of anilines is 2. The number of ether oxygens (including phenoxy) is 1. The predicted molar refractivity (Wildman–Crippen MR) is 143 cm³/mol. The fraction of sp³-hybridized carbons (Fsp3) is 0.167. The number of halogens is 2. The van der Waals surface area contributed by atoms with Gasteiger partial charge in [-0.25, -0.2) is 18.6 Å². The van der Waals surface area contributed by atoms with Crippen molar-refractivity contribution >= 4 is 23.2 Å². The average molecular weight is 514 g/mol. The Labute approximate surface area is 218 Å². The number of hydrogen-bond acceptors (Lipinski definition) is 5. The average Bonchev–Trinajstić information content (AvgIpc) is 3.05. The second kappa shape index (κ2) is 10.4. The quantitative estimate of drug-likeness (QED) is 0.285. The standard InChI is InChI=1S/C30H25F2N3O3/c1-3-5-17-8-10-20-22-14-27(35-19-9-11-21(30(36)37)26(13-19)38-2)33-15-18(22)16-34-29(23(20)12-17)28-24(31)6-4-7-25(28)32/h4,6-15H,3,5,16H2,1-2H3,(H,33,35)(H,36,37). The van der Waals surface area contributed by atoms with Crippen molar-refractivity contribution in [2.45, 2.75) is 26.3 Å². The normalized spacial score (nSPS) is 12.2. The highest BCUT2D eigenvalue weighted by molar-refractivity contribution is 6.17. The van der Waals surface area contributed by atoms with Crippen molar-refractivity contribution in [3.63, 3.8) is 0 Å². The number of carboxylic acid groups (broad SMARTS) is 1. The van der Waals surface area contributed by atoms with E-state index in [0.717, 1.165) is 35.1 Å². The van der Waals surface area contributed by atoms with Crippen LogP contribution >= 0.6 is 0 Å². The van der Waals surface area contributed by atoms with E-state index < -0.39 is 17.6 Å². The van der Waals surface area contributed by atoms with Gasteiger partial charge in [0.05, 0.1) is 24.9 Å². The van der Waals surface area contributed by atoms with Gasteiger partial charge in [0.15, 0.2) is 0 Å². The minimum atomic E-state index is -1.09. The van der Waals surface area contributed by atoms with Crippen LogP contribution in [0.4, 0.5) is 20.3 Å². The monoisotopic (exact) mass is 513 g/mol. The van der Waals surface area contributed by atoms with Crippen LogP contribution in [-0.4, -0.2) is 28.9 Å². The summed E-state index contributed by atoms with van der Waals surface area (Å²) in [4.78, 5) is 20.6. The molecule has 1 aliphatic heterocycles. The minimum absolute atomic E-state index is 0.0507. The van der Waals surface area contributed by atoms with E-state index in [0.29, 0.717) is 17.1 Å². The number of carboxylic acids is 1. The summed E-state index contributed by atoms with van der Waals surface area (Å²) >= 11 is 0. The molecule has 0 unspecified atom stereocenters. The van der Waals surface area contributed by atoms with E-state index in [4.69, 9.17) is 4.74 Å². The third-order valence-corrected chi connectivity index (χ3v) is 6.47. The molecule has 0 amide bonds. The van der Waals surface area contributed by atoms with Gasteiger partial charge in [-0.15, -0.1) is 0 Å². The van der Waals surface area contributed by atoms with Gasteiger partial charge in [0, 0.05) is 23.5 Å². The molecule has 0 saturated carbocycles. The minimum Gasteiger partial charge on any atom is -0.496 e. The Balaban J connectivity index is 1.61. The number of nitrogens with one attached hydrogen (secondary N) is 1. The molecule has 192 valence electrons. The lowest BCUT2D eigenvalue weighted by atomic mass is 9.90. The van der Waals surface area contributed by atoms with E-state index in [1.165, 1.54) is 31.4 Å². The van der Waals surface area contributed by atoms with E-state index in [-0.39, 0.29) is 29.1 Å². The van der Waals surface area contributed by atoms with E-state index in [2.05, 4.69) is 22.2 Å². The summed E-state index contributed by atoms with van der Waals surface area (Å²) < 4.78 is 35.0. The van der Waals surface area contributed by atoms with Crippen molar-refractivity contribution in [1.82, 2.24) is 4.98 Å². The van der Waals surface area contributed by atoms with Crippen molar-refractivity contribution < 1.29 is 23.4 Å². The van der Waals surface area contributed by atoms with Crippen LogP contribution in [0.2, 0.25) is 0 Å². The molecule has 0 atom stereocenters. The number of fused-ring (bicyclic) bond motifs is 3. The Bertz CT molecular complexity index is 1560. The van der Waals surface area contributed by atoms with Gasteiger partial charge in [-0.2, -0.15) is 0 Å². The maximum atomic E-state index is 14.9. The highest BCUT2D eigenvalue weighted by atomic mass is 19.1. The summed E-state index contributed by atoms with van der Waals surface area (Å²) in [6, 6.07) is 16.3. The van der Waals surface area contributed by atoms with Crippen molar-refractivity contribution in [2.75, 3.05) is 12.4 Å². The van der Waals surface area contributed by atoms with Crippen molar-refractivity contribution in [1.29, 1.82) is 0 Å². The number of methoxy groups -OCH3 is 1. The summed E-state index contributed by atoms with van der Waals surface area (Å²) in [5, 5.41) is 12.5. The van der Waals surface area contributed by atoms with Crippen molar-refractivity contribution in [3.05, 3.63) is 106 Å². The number of aromatic carboxylic acids is 1. The van der Waals surface area contributed by atoms with E-state index >= 15 is 0 Å². The number of hydrogen-bond donors (Lipinski definition) is 2. The molecule has 3 aromatic carbocycles. The van der Waals surface area contributed by atoms with Gasteiger partial charge in [0.2, 0.25) is 0 Å². The van der Waals surface area contributed by atoms with Crippen LogP contribution < -0.4 is 10.1 Å². The zero-order valence-corrected chi connectivity index (χ0v) is 20.9. The van der Waals surface area contributed by atoms with Crippen molar-refractivity contribution in [2.24, 2.45) is 4.99 Å². The number of pyridine rings is 1. The van der Waals surface area contributed by atoms with E-state index in [1.54, 1.807) is 18.3 Å². The predicted octanol–water partition coefficient (Wildman–Crippen LogP) is 6.78. The van der Waals surface area contributed by atoms with Crippen LogP contribution in [0.3, 0.4) is 0 Å². The molecule has 4 aromatic rings. The number of aromatic nitrogens is 1. The first-order valence-corrected chi connectivity index (χ1v) is 12.2. The fourth-order valence-electron chi connectivity index (χ4n) is 4.68. The van der Waals surface area contributed by atoms with Gasteiger partial charge in [0.1, 0.15) is 28.8 Å². The SMILES string of the molecule is CCCc1ccc2c(c1)C(c1c(F)cccc1F)=NCc1cnc(Nc3ccc(C(=O)O)c(OC)c3)cc1-2. The molecule has 5 rings (SSSR count). The fourth-order valence-corrected chi connectivity index (χ4v) is 4.68. The first-order valence-electron chi connectivity index (χ1n) is 12.2. The maximum absolute atomic E-state index is 14.9. The number of rotatable bonds is 7. The third kappa shape index (κ3) is 4.72. The first-order chi connectivity index (χ1) is 18.4. The lowest BCUT2D eigenvalue weighted by Crippen LogP contribution is -2.10. The van der Waals surface area contributed by atoms with E-state index in [9.17, 15) is 18.7 Å². The van der Waals surface area contributed by atoms with Crippen molar-refractivity contribution in [3.8, 4) is 16.9 Å². The molecule has 2 heterocycles. The number of nitrogens with zero attached hydrogens (tertiary/aromatic N) is 2. The molecule has 0 fully saturated rings. The van der Waals surface area contributed by atoms with Gasteiger partial charge in [0.25, 0.3) is 0 Å². The highest BCUT2D eigenvalue weighted by Gasteiger charge is 2.24. The Morgan fingerprint density at radius 1 is 1.03 bits per heavy atom. The van der Waals surface area contributed by atoms with Crippen LogP contribution in [-0.2, 0) is 13.0 Å². The van der Waals surface area contributed by atoms with Crippen LogP contribution in [0.5, 0.6) is 5.75 Å². The van der Waals surface area contributed by atoms with Gasteiger partial charge in [-0.1, -0.05) is 31.5 Å². The molecule has 0 spiro atoms. The number of benzene rings is 3. The second-order valence-corrected chi connectivity index (χ2v) is 8.96. The largest absolute Gasteiger partial charge is 0.496 e. The third-order valence-electron chi connectivity index (χ3n) is 6.47. The van der Waals surface area contributed by atoms with Gasteiger partial charge >= 0.3 is 5.97 Å². The number of aliphatic imine (C=N–C) groups is 1. The van der Waals surface area contributed by atoms with Gasteiger partial charge < -0.3 is 15.2 Å². The molecule has 38 heavy (non-hydrogen) atoms. The van der Waals surface area contributed by atoms with Gasteiger partial charge in [-0.05, 0) is 65.1 Å². The van der Waals surface area contributed by atoms with Crippen LogP contribution in [0.1, 0.15) is 46.0 Å². The second-order valence-electron chi connectivity index (χ2n) is 8.96. The molecule has 1 aromatic heterocycles. The molecule has 1 aliphatic rings. The molecule has 0 aliphatic carbocycles. The van der Waals surface area contributed by atoms with Gasteiger partial charge in [-0.3, -0.25) is 4.99 Å². The lowest BCUT2D eigenvalue weighted by Gasteiger charge is -2.15. The summed E-state index contributed by atoms with van der Waals surface area (Å²) in [5.41, 5.74) is 4.92. The summed E-state index contributed by atoms with van der Waals surface area (Å²) in [6.45, 7) is 2.28. The highest BCUT2D eigenvalue weighted by Crippen LogP contribution is 2.36. The summed E-state index contributed by atoms with van der Waals surface area (Å²) in [7, 11) is 1.41.